The first-order valence-electron chi connectivity index (χ1n) is 7.72. The standard InChI is InChI=1S/C8H12N2O2.C8H10.2CHNO/c11-7-9-5-3-1-2-4-6-10-8-12;1-7-4-3-5-8(2)6-7;2*2-1-3/h1-6H2;3-6H,1-2H3;2*2H. The lowest BCUT2D eigenvalue weighted by atomic mass is 10.2. The number of aliphatic imine (C=N–C) groups is 2. The summed E-state index contributed by atoms with van der Waals surface area (Å²) in [5, 5.41) is 10.8. The Morgan fingerprint density at radius 1 is 0.769 bits per heavy atom. The molecule has 0 atom stereocenters. The van der Waals surface area contributed by atoms with Crippen molar-refractivity contribution in [1.29, 1.82) is 10.8 Å². The Balaban J connectivity index is -0.000000323. The maximum atomic E-state index is 9.63. The Morgan fingerprint density at radius 3 is 1.35 bits per heavy atom. The van der Waals surface area contributed by atoms with E-state index in [0.717, 1.165) is 37.8 Å². The average molecular weight is 360 g/mol. The summed E-state index contributed by atoms with van der Waals surface area (Å²) in [7, 11) is 0. The fourth-order valence-electron chi connectivity index (χ4n) is 1.63. The molecule has 0 spiro atoms. The van der Waals surface area contributed by atoms with Crippen molar-refractivity contribution >= 4 is 24.3 Å². The Kier molecular flexibility index (Phi) is 28.2. The first kappa shape index (κ1) is 27.6. The molecule has 0 unspecified atom stereocenters. The van der Waals surface area contributed by atoms with Crippen LogP contribution in [0.25, 0.3) is 0 Å². The normalized spacial score (nSPS) is 7.31. The van der Waals surface area contributed by atoms with Crippen molar-refractivity contribution < 1.29 is 19.2 Å². The lowest BCUT2D eigenvalue weighted by molar-refractivity contribution is 0.558. The Bertz CT molecular complexity index is 571. The predicted molar refractivity (Wildman–Crippen MR) is 97.2 cm³/mol. The summed E-state index contributed by atoms with van der Waals surface area (Å²) < 4.78 is 0. The van der Waals surface area contributed by atoms with E-state index in [2.05, 4.69) is 48.1 Å². The van der Waals surface area contributed by atoms with Crippen molar-refractivity contribution in [2.45, 2.75) is 39.5 Å². The van der Waals surface area contributed by atoms with Gasteiger partial charge in [0.25, 0.3) is 0 Å². The van der Waals surface area contributed by atoms with Gasteiger partial charge in [0.1, 0.15) is 0 Å². The quantitative estimate of drug-likeness (QED) is 0.437. The van der Waals surface area contributed by atoms with Crippen LogP contribution in [-0.4, -0.2) is 37.4 Å². The number of nitrogens with one attached hydrogen (secondary N) is 2. The van der Waals surface area contributed by atoms with Crippen molar-refractivity contribution in [3.05, 3.63) is 35.4 Å². The van der Waals surface area contributed by atoms with Crippen LogP contribution in [0.5, 0.6) is 0 Å². The van der Waals surface area contributed by atoms with Crippen LogP contribution in [-0.2, 0) is 19.2 Å². The van der Waals surface area contributed by atoms with E-state index < -0.39 is 0 Å². The minimum Gasteiger partial charge on any atom is -0.222 e. The number of hydrogen-bond acceptors (Lipinski definition) is 8. The maximum absolute atomic E-state index is 9.63. The van der Waals surface area contributed by atoms with Crippen LogP contribution in [0.1, 0.15) is 36.8 Å². The van der Waals surface area contributed by atoms with E-state index in [1.807, 2.05) is 0 Å². The number of carbonyl (C=O) groups excluding carboxylic acids is 4. The van der Waals surface area contributed by atoms with Crippen LogP contribution in [0.4, 0.5) is 0 Å². The summed E-state index contributed by atoms with van der Waals surface area (Å²) in [6.45, 7) is 5.32. The third kappa shape index (κ3) is 32.6. The van der Waals surface area contributed by atoms with Gasteiger partial charge < -0.3 is 0 Å². The van der Waals surface area contributed by atoms with Crippen LogP contribution in [0.15, 0.2) is 34.3 Å². The summed E-state index contributed by atoms with van der Waals surface area (Å²) in [5.74, 6) is 0. The Labute approximate surface area is 153 Å². The molecular formula is C18H24N4O4. The summed E-state index contributed by atoms with van der Waals surface area (Å²) in [6.07, 6.45) is 8.30. The van der Waals surface area contributed by atoms with Gasteiger partial charge in [0, 0.05) is 0 Å². The first-order valence-corrected chi connectivity index (χ1v) is 7.72. The molecule has 8 heteroatoms. The number of hydrogen-bond donors (Lipinski definition) is 2. The van der Waals surface area contributed by atoms with Gasteiger partial charge in [0.05, 0.1) is 13.1 Å². The van der Waals surface area contributed by atoms with E-state index in [-0.39, 0.29) is 0 Å². The minimum absolute atomic E-state index is 0.556. The molecule has 0 aliphatic carbocycles. The van der Waals surface area contributed by atoms with Crippen molar-refractivity contribution in [1.82, 2.24) is 0 Å². The molecule has 0 bridgehead atoms. The molecule has 140 valence electrons. The second kappa shape index (κ2) is 26.6. The molecule has 1 aromatic rings. The first-order chi connectivity index (χ1) is 12.5. The zero-order valence-corrected chi connectivity index (χ0v) is 15.1. The van der Waals surface area contributed by atoms with E-state index >= 15 is 0 Å². The fraction of sp³-hybridized carbons (Fsp3) is 0.444. The van der Waals surface area contributed by atoms with Crippen LogP contribution in [0, 0.1) is 24.7 Å². The van der Waals surface area contributed by atoms with Gasteiger partial charge in [-0.15, -0.1) is 0 Å². The van der Waals surface area contributed by atoms with E-state index in [0.29, 0.717) is 13.1 Å². The second-order valence-corrected chi connectivity index (χ2v) is 4.72. The van der Waals surface area contributed by atoms with Crippen molar-refractivity contribution in [2.24, 2.45) is 9.98 Å². The molecule has 0 radical (unpaired) electrons. The summed E-state index contributed by atoms with van der Waals surface area (Å²) in [4.78, 5) is 42.8. The molecule has 0 heterocycles. The Morgan fingerprint density at radius 2 is 1.12 bits per heavy atom. The summed E-state index contributed by atoms with van der Waals surface area (Å²) in [6, 6.07) is 8.45. The highest BCUT2D eigenvalue weighted by Gasteiger charge is 1.87. The monoisotopic (exact) mass is 360 g/mol. The SMILES string of the molecule is Cc1cccc(C)c1.N=C=O.N=C=O.O=C=NCCCCCCN=C=O. The lowest BCUT2D eigenvalue weighted by Crippen LogP contribution is -1.84. The van der Waals surface area contributed by atoms with Crippen molar-refractivity contribution in [3.8, 4) is 0 Å². The number of isocyanates is 4. The molecule has 2 N–H and O–H groups in total. The van der Waals surface area contributed by atoms with Crippen molar-refractivity contribution in [2.75, 3.05) is 13.1 Å². The zero-order chi connectivity index (χ0) is 20.5. The summed E-state index contributed by atoms with van der Waals surface area (Å²) >= 11 is 0. The fourth-order valence-corrected chi connectivity index (χ4v) is 1.63. The third-order valence-electron chi connectivity index (χ3n) is 2.59. The number of aryl methyl sites for hydroxylation is 2. The molecule has 0 aliphatic heterocycles. The smallest absolute Gasteiger partial charge is 0.222 e. The molecule has 0 amide bonds. The molecule has 0 saturated heterocycles. The van der Waals surface area contributed by atoms with Gasteiger partial charge in [-0.05, 0) is 26.7 Å². The molecule has 8 nitrogen and oxygen atoms in total. The van der Waals surface area contributed by atoms with Gasteiger partial charge in [-0.25, -0.2) is 40.0 Å². The average Bonchev–Trinajstić information content (AvgIpc) is 2.59. The number of unbranched alkanes of at least 4 members (excludes halogenated alkanes) is 3. The molecule has 0 saturated carbocycles. The van der Waals surface area contributed by atoms with Crippen molar-refractivity contribution in [3.63, 3.8) is 0 Å². The molecule has 0 aromatic heterocycles. The van der Waals surface area contributed by atoms with Gasteiger partial charge in [-0.2, -0.15) is 0 Å². The van der Waals surface area contributed by atoms with Gasteiger partial charge >= 0.3 is 0 Å². The van der Waals surface area contributed by atoms with E-state index in [1.165, 1.54) is 23.3 Å². The van der Waals surface area contributed by atoms with Crippen LogP contribution < -0.4 is 0 Å². The lowest BCUT2D eigenvalue weighted by Gasteiger charge is -1.93. The molecular weight excluding hydrogens is 336 g/mol. The zero-order valence-electron chi connectivity index (χ0n) is 15.1. The van der Waals surface area contributed by atoms with Crippen LogP contribution in [0.2, 0.25) is 0 Å². The Hall–Kier alpha value is -3.26. The van der Waals surface area contributed by atoms with Gasteiger partial charge in [-0.3, -0.25) is 0 Å². The highest BCUT2D eigenvalue weighted by molar-refractivity contribution is 5.32. The molecule has 1 aromatic carbocycles. The highest BCUT2D eigenvalue weighted by Crippen LogP contribution is 2.00. The predicted octanol–water partition coefficient (Wildman–Crippen LogP) is 3.32. The van der Waals surface area contributed by atoms with Gasteiger partial charge in [0.2, 0.25) is 24.3 Å². The molecule has 0 aliphatic rings. The molecule has 26 heavy (non-hydrogen) atoms. The second-order valence-electron chi connectivity index (χ2n) is 4.72. The third-order valence-corrected chi connectivity index (χ3v) is 2.59. The van der Waals surface area contributed by atoms with Crippen LogP contribution in [0.3, 0.4) is 0 Å². The van der Waals surface area contributed by atoms with E-state index in [4.69, 9.17) is 20.4 Å². The number of nitrogens with zero attached hydrogens (tertiary/aromatic N) is 2. The van der Waals surface area contributed by atoms with E-state index in [1.54, 1.807) is 0 Å². The molecule has 1 rings (SSSR count). The van der Waals surface area contributed by atoms with Gasteiger partial charge in [-0.1, -0.05) is 48.2 Å². The summed E-state index contributed by atoms with van der Waals surface area (Å²) in [5.41, 5.74) is 2.68. The number of benzene rings is 1. The maximum Gasteiger partial charge on any atom is 0.234 e. The number of rotatable bonds is 7. The molecule has 0 fully saturated rings. The minimum atomic E-state index is 0.556. The van der Waals surface area contributed by atoms with Crippen LogP contribution >= 0.6 is 0 Å². The van der Waals surface area contributed by atoms with Gasteiger partial charge in [0.15, 0.2) is 0 Å². The highest BCUT2D eigenvalue weighted by atomic mass is 16.1. The van der Waals surface area contributed by atoms with E-state index in [9.17, 15) is 9.59 Å². The largest absolute Gasteiger partial charge is 0.234 e. The topological polar surface area (TPSA) is 141 Å².